The van der Waals surface area contributed by atoms with Crippen molar-refractivity contribution in [3.8, 4) is 0 Å². The molecule has 3 rings (SSSR count). The highest BCUT2D eigenvalue weighted by atomic mass is 16.2. The summed E-state index contributed by atoms with van der Waals surface area (Å²) in [5.41, 5.74) is 6.95. The lowest BCUT2D eigenvalue weighted by atomic mass is 10.1. The third-order valence-electron chi connectivity index (χ3n) is 3.86. The van der Waals surface area contributed by atoms with Crippen LogP contribution in [0.1, 0.15) is 12.5 Å². The van der Waals surface area contributed by atoms with Gasteiger partial charge in [-0.05, 0) is 36.8 Å². The molecule has 7 nitrogen and oxygen atoms in total. The molecule has 0 aliphatic rings. The van der Waals surface area contributed by atoms with E-state index in [4.69, 9.17) is 0 Å². The molecule has 0 atom stereocenters. The Kier molecular flexibility index (Phi) is 4.74. The van der Waals surface area contributed by atoms with Gasteiger partial charge in [-0.2, -0.15) is 5.10 Å². The maximum atomic E-state index is 12.1. The summed E-state index contributed by atoms with van der Waals surface area (Å²) in [6.07, 6.45) is 0. The van der Waals surface area contributed by atoms with Gasteiger partial charge >= 0.3 is 0 Å². The SMILES string of the molecule is C/C(=N/NC(=O)Cn1nnc2ccccc21)c1ccc(N(C)C)cc1. The van der Waals surface area contributed by atoms with Crippen molar-refractivity contribution in [2.75, 3.05) is 19.0 Å². The van der Waals surface area contributed by atoms with Crippen molar-refractivity contribution < 1.29 is 4.79 Å². The Balaban J connectivity index is 1.65. The highest BCUT2D eigenvalue weighted by Crippen LogP contribution is 2.13. The molecule has 2 aromatic carbocycles. The summed E-state index contributed by atoms with van der Waals surface area (Å²) in [7, 11) is 3.98. The Morgan fingerprint density at radius 2 is 1.88 bits per heavy atom. The van der Waals surface area contributed by atoms with Gasteiger partial charge in [0.2, 0.25) is 0 Å². The van der Waals surface area contributed by atoms with Crippen molar-refractivity contribution in [2.45, 2.75) is 13.5 Å². The molecule has 0 radical (unpaired) electrons. The van der Waals surface area contributed by atoms with Crippen LogP contribution in [-0.4, -0.2) is 40.7 Å². The van der Waals surface area contributed by atoms with Crippen LogP contribution in [0.15, 0.2) is 53.6 Å². The fourth-order valence-corrected chi connectivity index (χ4v) is 2.42. The lowest BCUT2D eigenvalue weighted by molar-refractivity contribution is -0.121. The lowest BCUT2D eigenvalue weighted by Gasteiger charge is -2.12. The fourth-order valence-electron chi connectivity index (χ4n) is 2.42. The summed E-state index contributed by atoms with van der Waals surface area (Å²) in [5, 5.41) is 12.2. The van der Waals surface area contributed by atoms with Crippen molar-refractivity contribution >= 4 is 28.3 Å². The Morgan fingerprint density at radius 1 is 1.16 bits per heavy atom. The molecule has 128 valence electrons. The summed E-state index contributed by atoms with van der Waals surface area (Å²) in [5.74, 6) is -0.250. The Hall–Kier alpha value is -3.22. The maximum Gasteiger partial charge on any atom is 0.261 e. The zero-order valence-corrected chi connectivity index (χ0v) is 14.5. The molecule has 3 aromatic rings. The van der Waals surface area contributed by atoms with E-state index in [1.54, 1.807) is 4.68 Å². The number of hydrogen-bond acceptors (Lipinski definition) is 5. The number of hydrogen-bond donors (Lipinski definition) is 1. The molecule has 7 heteroatoms. The largest absolute Gasteiger partial charge is 0.378 e. The molecular weight excluding hydrogens is 316 g/mol. The molecule has 0 fully saturated rings. The van der Waals surface area contributed by atoms with E-state index < -0.39 is 0 Å². The molecule has 0 bridgehead atoms. The standard InChI is InChI=1S/C18H20N6O/c1-13(14-8-10-15(11-9-14)23(2)3)19-21-18(25)12-24-17-7-5-4-6-16(17)20-22-24/h4-11H,12H2,1-3H3,(H,21,25)/b19-13-. The van der Waals surface area contributed by atoms with Crippen LogP contribution >= 0.6 is 0 Å². The van der Waals surface area contributed by atoms with E-state index in [0.717, 1.165) is 28.0 Å². The van der Waals surface area contributed by atoms with Gasteiger partial charge < -0.3 is 4.90 Å². The topological polar surface area (TPSA) is 75.4 Å². The lowest BCUT2D eigenvalue weighted by Crippen LogP contribution is -2.24. The van der Waals surface area contributed by atoms with E-state index in [2.05, 4.69) is 20.8 Å². The molecule has 25 heavy (non-hydrogen) atoms. The van der Waals surface area contributed by atoms with Crippen molar-refractivity contribution in [2.24, 2.45) is 5.10 Å². The van der Waals surface area contributed by atoms with Gasteiger partial charge in [0, 0.05) is 19.8 Å². The third-order valence-corrected chi connectivity index (χ3v) is 3.86. The normalized spacial score (nSPS) is 11.6. The van der Waals surface area contributed by atoms with Crippen molar-refractivity contribution in [1.29, 1.82) is 0 Å². The predicted octanol–water partition coefficient (Wildman–Crippen LogP) is 2.04. The Morgan fingerprint density at radius 3 is 2.60 bits per heavy atom. The van der Waals surface area contributed by atoms with Crippen LogP contribution in [0.4, 0.5) is 5.69 Å². The summed E-state index contributed by atoms with van der Waals surface area (Å²) in [4.78, 5) is 14.1. The van der Waals surface area contributed by atoms with Gasteiger partial charge in [0.1, 0.15) is 12.1 Å². The first-order valence-electron chi connectivity index (χ1n) is 7.94. The first-order chi connectivity index (χ1) is 12.0. The average molecular weight is 336 g/mol. The molecule has 1 amide bonds. The van der Waals surface area contributed by atoms with Gasteiger partial charge in [0.25, 0.3) is 5.91 Å². The van der Waals surface area contributed by atoms with Crippen LogP contribution < -0.4 is 10.3 Å². The summed E-state index contributed by atoms with van der Waals surface area (Å²) >= 11 is 0. The molecule has 1 heterocycles. The van der Waals surface area contributed by atoms with Gasteiger partial charge in [-0.15, -0.1) is 5.10 Å². The zero-order valence-electron chi connectivity index (χ0n) is 14.5. The van der Waals surface area contributed by atoms with Crippen molar-refractivity contribution in [1.82, 2.24) is 20.4 Å². The highest BCUT2D eigenvalue weighted by Gasteiger charge is 2.08. The maximum absolute atomic E-state index is 12.1. The number of nitrogens with one attached hydrogen (secondary N) is 1. The van der Waals surface area contributed by atoms with Crippen LogP contribution in [0.2, 0.25) is 0 Å². The first-order valence-corrected chi connectivity index (χ1v) is 7.94. The van der Waals surface area contributed by atoms with Crippen LogP contribution in [0.5, 0.6) is 0 Å². The minimum absolute atomic E-state index is 0.0663. The van der Waals surface area contributed by atoms with E-state index in [1.807, 2.05) is 74.4 Å². The van der Waals surface area contributed by atoms with Gasteiger partial charge in [0.15, 0.2) is 0 Å². The number of anilines is 1. The van der Waals surface area contributed by atoms with Crippen molar-refractivity contribution in [3.63, 3.8) is 0 Å². The van der Waals surface area contributed by atoms with E-state index in [1.165, 1.54) is 0 Å². The molecule has 0 aliphatic heterocycles. The van der Waals surface area contributed by atoms with Crippen LogP contribution in [0.25, 0.3) is 11.0 Å². The summed E-state index contributed by atoms with van der Waals surface area (Å²) in [6, 6.07) is 15.5. The molecule has 1 aromatic heterocycles. The van der Waals surface area contributed by atoms with Crippen LogP contribution in [0.3, 0.4) is 0 Å². The number of rotatable bonds is 5. The van der Waals surface area contributed by atoms with Gasteiger partial charge in [-0.3, -0.25) is 4.79 Å². The monoisotopic (exact) mass is 336 g/mol. The molecule has 0 saturated carbocycles. The number of benzene rings is 2. The third kappa shape index (κ3) is 3.82. The van der Waals surface area contributed by atoms with Crippen LogP contribution in [0, 0.1) is 0 Å². The Labute approximate surface area is 145 Å². The van der Waals surface area contributed by atoms with Crippen molar-refractivity contribution in [3.05, 3.63) is 54.1 Å². The highest BCUT2D eigenvalue weighted by molar-refractivity contribution is 5.99. The quantitative estimate of drug-likeness (QED) is 0.571. The number of carbonyl (C=O) groups is 1. The predicted molar refractivity (Wildman–Crippen MR) is 98.7 cm³/mol. The number of para-hydroxylation sites is 1. The second-order valence-electron chi connectivity index (χ2n) is 5.91. The van der Waals surface area contributed by atoms with Gasteiger partial charge in [-0.25, -0.2) is 10.1 Å². The number of hydrazone groups is 1. The smallest absolute Gasteiger partial charge is 0.261 e. The molecule has 0 saturated heterocycles. The molecular formula is C18H20N6O. The van der Waals surface area contributed by atoms with E-state index in [-0.39, 0.29) is 12.5 Å². The summed E-state index contributed by atoms with van der Waals surface area (Å²) < 4.78 is 1.56. The molecule has 1 N–H and O–H groups in total. The van der Waals surface area contributed by atoms with E-state index in [0.29, 0.717) is 0 Å². The molecule has 0 aliphatic carbocycles. The molecule has 0 spiro atoms. The fraction of sp³-hybridized carbons (Fsp3) is 0.222. The number of aromatic nitrogens is 3. The van der Waals surface area contributed by atoms with Gasteiger partial charge in [-0.1, -0.05) is 29.5 Å². The van der Waals surface area contributed by atoms with E-state index >= 15 is 0 Å². The van der Waals surface area contributed by atoms with Gasteiger partial charge in [0.05, 0.1) is 11.2 Å². The molecule has 0 unspecified atom stereocenters. The number of fused-ring (bicyclic) bond motifs is 1. The van der Waals surface area contributed by atoms with E-state index in [9.17, 15) is 4.79 Å². The number of amides is 1. The average Bonchev–Trinajstić information content (AvgIpc) is 3.03. The minimum atomic E-state index is -0.250. The first kappa shape index (κ1) is 16.6. The second-order valence-corrected chi connectivity index (χ2v) is 5.91. The number of carbonyl (C=O) groups excluding carboxylic acids is 1. The second kappa shape index (κ2) is 7.12. The Bertz CT molecular complexity index is 911. The minimum Gasteiger partial charge on any atom is -0.378 e. The van der Waals surface area contributed by atoms with Crippen LogP contribution in [-0.2, 0) is 11.3 Å². The number of nitrogens with zero attached hydrogens (tertiary/aromatic N) is 5. The zero-order chi connectivity index (χ0) is 17.8. The summed E-state index contributed by atoms with van der Waals surface area (Å²) in [6.45, 7) is 1.92.